The quantitative estimate of drug-likeness (QED) is 0.852. The Morgan fingerprint density at radius 2 is 2.11 bits per heavy atom. The third-order valence-corrected chi connectivity index (χ3v) is 2.95. The molecule has 1 heterocycles. The number of urea groups is 1. The molecule has 1 aromatic carbocycles. The van der Waals surface area contributed by atoms with Crippen molar-refractivity contribution in [3.63, 3.8) is 0 Å². The van der Waals surface area contributed by atoms with E-state index < -0.39 is 6.04 Å². The van der Waals surface area contributed by atoms with Crippen molar-refractivity contribution >= 4 is 11.9 Å². The molecule has 1 saturated heterocycles. The topological polar surface area (TPSA) is 61.4 Å². The Kier molecular flexibility index (Phi) is 4.04. The van der Waals surface area contributed by atoms with E-state index >= 15 is 0 Å². The van der Waals surface area contributed by atoms with Crippen LogP contribution in [-0.2, 0) is 11.3 Å². The molecule has 5 nitrogen and oxygen atoms in total. The number of nitrogens with zero attached hydrogens (tertiary/aromatic N) is 1. The fraction of sp³-hybridized carbons (Fsp3) is 0.429. The van der Waals surface area contributed by atoms with Gasteiger partial charge in [0, 0.05) is 12.6 Å². The number of nitrogens with one attached hydrogen (secondary N) is 2. The molecule has 0 saturated carbocycles. The van der Waals surface area contributed by atoms with Gasteiger partial charge in [0.25, 0.3) is 0 Å². The number of amides is 3. The van der Waals surface area contributed by atoms with Gasteiger partial charge in [0.15, 0.2) is 0 Å². The van der Waals surface area contributed by atoms with Crippen LogP contribution in [0.3, 0.4) is 0 Å². The molecule has 1 atom stereocenters. The molecule has 0 aromatic heterocycles. The molecule has 3 amide bonds. The Balaban J connectivity index is 1.94. The highest BCUT2D eigenvalue weighted by Crippen LogP contribution is 2.10. The molecule has 19 heavy (non-hydrogen) atoms. The molecule has 2 N–H and O–H groups in total. The predicted octanol–water partition coefficient (Wildman–Crippen LogP) is 1.10. The third kappa shape index (κ3) is 3.47. The van der Waals surface area contributed by atoms with Crippen LogP contribution in [0.4, 0.5) is 4.79 Å². The predicted molar refractivity (Wildman–Crippen MR) is 72.5 cm³/mol. The van der Waals surface area contributed by atoms with Crippen molar-refractivity contribution in [2.75, 3.05) is 6.54 Å². The van der Waals surface area contributed by atoms with Gasteiger partial charge in [-0.1, -0.05) is 30.3 Å². The van der Waals surface area contributed by atoms with Gasteiger partial charge in [0.2, 0.25) is 5.91 Å². The molecular formula is C14H19N3O2. The van der Waals surface area contributed by atoms with E-state index in [9.17, 15) is 9.59 Å². The first-order chi connectivity index (χ1) is 9.06. The van der Waals surface area contributed by atoms with Gasteiger partial charge < -0.3 is 15.5 Å². The lowest BCUT2D eigenvalue weighted by molar-refractivity contribution is -0.123. The highest BCUT2D eigenvalue weighted by Gasteiger charge is 2.33. The molecule has 1 unspecified atom stereocenters. The summed E-state index contributed by atoms with van der Waals surface area (Å²) in [5, 5.41) is 5.51. The average Bonchev–Trinajstić information content (AvgIpc) is 2.72. The van der Waals surface area contributed by atoms with Crippen molar-refractivity contribution in [1.82, 2.24) is 15.5 Å². The van der Waals surface area contributed by atoms with Gasteiger partial charge in [0.05, 0.1) is 6.54 Å². The number of hydrogen-bond acceptors (Lipinski definition) is 2. The van der Waals surface area contributed by atoms with Crippen LogP contribution in [0, 0.1) is 0 Å². The first kappa shape index (κ1) is 13.4. The molecular weight excluding hydrogens is 242 g/mol. The summed E-state index contributed by atoms with van der Waals surface area (Å²) in [5.41, 5.74) is 1.06. The molecule has 1 aliphatic heterocycles. The van der Waals surface area contributed by atoms with Gasteiger partial charge in [-0.05, 0) is 19.4 Å². The summed E-state index contributed by atoms with van der Waals surface area (Å²) < 4.78 is 0. The summed E-state index contributed by atoms with van der Waals surface area (Å²) in [6.45, 7) is 4.73. The van der Waals surface area contributed by atoms with E-state index in [-0.39, 0.29) is 18.0 Å². The van der Waals surface area contributed by atoms with Crippen molar-refractivity contribution in [3.05, 3.63) is 35.9 Å². The zero-order valence-electron chi connectivity index (χ0n) is 11.2. The lowest BCUT2D eigenvalue weighted by Crippen LogP contribution is -2.45. The summed E-state index contributed by atoms with van der Waals surface area (Å²) in [6.07, 6.45) is 0. The minimum atomic E-state index is -0.460. The summed E-state index contributed by atoms with van der Waals surface area (Å²) in [5.74, 6) is -0.126. The van der Waals surface area contributed by atoms with E-state index in [4.69, 9.17) is 0 Å². The fourth-order valence-corrected chi connectivity index (χ4v) is 2.06. The van der Waals surface area contributed by atoms with Crippen molar-refractivity contribution in [3.8, 4) is 0 Å². The lowest BCUT2D eigenvalue weighted by Gasteiger charge is -2.15. The normalized spacial score (nSPS) is 18.6. The Morgan fingerprint density at radius 3 is 2.74 bits per heavy atom. The average molecular weight is 261 g/mol. The highest BCUT2D eigenvalue weighted by atomic mass is 16.2. The fourth-order valence-electron chi connectivity index (χ4n) is 2.06. The smallest absolute Gasteiger partial charge is 0.318 e. The summed E-state index contributed by atoms with van der Waals surface area (Å²) in [4.78, 5) is 25.3. The molecule has 2 rings (SSSR count). The van der Waals surface area contributed by atoms with Crippen LogP contribution < -0.4 is 10.6 Å². The monoisotopic (exact) mass is 261 g/mol. The van der Waals surface area contributed by atoms with Crippen LogP contribution in [0.2, 0.25) is 0 Å². The van der Waals surface area contributed by atoms with Crippen molar-refractivity contribution in [2.24, 2.45) is 0 Å². The maximum Gasteiger partial charge on any atom is 0.318 e. The molecule has 1 fully saturated rings. The maximum absolute atomic E-state index is 11.8. The second-order valence-electron chi connectivity index (χ2n) is 5.03. The SMILES string of the molecule is CC(C)NC(=O)C1CN(Cc2ccccc2)C(=O)N1. The van der Waals surface area contributed by atoms with Crippen molar-refractivity contribution in [2.45, 2.75) is 32.5 Å². The standard InChI is InChI=1S/C14H19N3O2/c1-10(2)15-13(18)12-9-17(14(19)16-12)8-11-6-4-3-5-7-11/h3-7,10,12H,8-9H2,1-2H3,(H,15,18)(H,16,19). The van der Waals surface area contributed by atoms with Gasteiger partial charge in [-0.15, -0.1) is 0 Å². The Bertz CT molecular complexity index is 459. The summed E-state index contributed by atoms with van der Waals surface area (Å²) >= 11 is 0. The van der Waals surface area contributed by atoms with E-state index in [1.165, 1.54) is 0 Å². The molecule has 102 valence electrons. The number of carbonyl (C=O) groups excluding carboxylic acids is 2. The number of carbonyl (C=O) groups is 2. The van der Waals surface area contributed by atoms with E-state index in [0.717, 1.165) is 5.56 Å². The second kappa shape index (κ2) is 5.73. The zero-order chi connectivity index (χ0) is 13.8. The van der Waals surface area contributed by atoms with Gasteiger partial charge in [-0.3, -0.25) is 4.79 Å². The van der Waals surface area contributed by atoms with Crippen LogP contribution in [0.1, 0.15) is 19.4 Å². The Morgan fingerprint density at radius 1 is 1.42 bits per heavy atom. The van der Waals surface area contributed by atoms with Crippen molar-refractivity contribution in [1.29, 1.82) is 0 Å². The molecule has 0 spiro atoms. The van der Waals surface area contributed by atoms with Crippen LogP contribution in [0.5, 0.6) is 0 Å². The number of hydrogen-bond donors (Lipinski definition) is 2. The van der Waals surface area contributed by atoms with Crippen LogP contribution in [-0.4, -0.2) is 35.5 Å². The van der Waals surface area contributed by atoms with Crippen LogP contribution >= 0.6 is 0 Å². The first-order valence-electron chi connectivity index (χ1n) is 6.46. The van der Waals surface area contributed by atoms with Crippen molar-refractivity contribution < 1.29 is 9.59 Å². The van der Waals surface area contributed by atoms with Gasteiger partial charge in [-0.25, -0.2) is 4.79 Å². The maximum atomic E-state index is 11.8. The number of benzene rings is 1. The molecule has 0 radical (unpaired) electrons. The van der Waals surface area contributed by atoms with E-state index in [1.54, 1.807) is 4.90 Å². The first-order valence-corrected chi connectivity index (χ1v) is 6.46. The largest absolute Gasteiger partial charge is 0.352 e. The highest BCUT2D eigenvalue weighted by molar-refractivity contribution is 5.90. The van der Waals surface area contributed by atoms with Gasteiger partial charge in [-0.2, -0.15) is 0 Å². The minimum Gasteiger partial charge on any atom is -0.352 e. The third-order valence-electron chi connectivity index (χ3n) is 2.95. The number of rotatable bonds is 4. The molecule has 1 aromatic rings. The zero-order valence-corrected chi connectivity index (χ0v) is 11.2. The van der Waals surface area contributed by atoms with Gasteiger partial charge in [0.1, 0.15) is 6.04 Å². The van der Waals surface area contributed by atoms with E-state index in [1.807, 2.05) is 44.2 Å². The van der Waals surface area contributed by atoms with E-state index in [0.29, 0.717) is 13.1 Å². The Hall–Kier alpha value is -2.04. The molecule has 1 aliphatic rings. The van der Waals surface area contributed by atoms with Crippen LogP contribution in [0.15, 0.2) is 30.3 Å². The van der Waals surface area contributed by atoms with E-state index in [2.05, 4.69) is 10.6 Å². The summed E-state index contributed by atoms with van der Waals surface area (Å²) in [7, 11) is 0. The second-order valence-corrected chi connectivity index (χ2v) is 5.03. The lowest BCUT2D eigenvalue weighted by atomic mass is 10.2. The molecule has 0 bridgehead atoms. The summed E-state index contributed by atoms with van der Waals surface area (Å²) in [6, 6.07) is 9.17. The molecule has 5 heteroatoms. The molecule has 0 aliphatic carbocycles. The van der Waals surface area contributed by atoms with Gasteiger partial charge >= 0.3 is 6.03 Å². The van der Waals surface area contributed by atoms with Crippen LogP contribution in [0.25, 0.3) is 0 Å². The Labute approximate surface area is 113 Å². The minimum absolute atomic E-state index is 0.0765.